The lowest BCUT2D eigenvalue weighted by molar-refractivity contribution is 0.00406. The van der Waals surface area contributed by atoms with E-state index in [0.717, 1.165) is 13.1 Å². The summed E-state index contributed by atoms with van der Waals surface area (Å²) >= 11 is 0. The summed E-state index contributed by atoms with van der Waals surface area (Å²) in [6, 6.07) is 12.7. The van der Waals surface area contributed by atoms with Gasteiger partial charge < -0.3 is 15.2 Å². The number of aromatic nitrogens is 2. The fraction of sp³-hybridized carbons (Fsp3) is 0.273. The number of nitrogens with two attached hydrogens (primary N) is 1. The summed E-state index contributed by atoms with van der Waals surface area (Å²) in [5.74, 6) is 0.186. The Labute approximate surface area is 174 Å². The van der Waals surface area contributed by atoms with Crippen LogP contribution in [0.5, 0.6) is 5.75 Å². The van der Waals surface area contributed by atoms with Crippen molar-refractivity contribution in [2.45, 2.75) is 7.43 Å². The second-order valence-electron chi connectivity index (χ2n) is 6.69. The molecule has 0 atom stereocenters. The van der Waals surface area contributed by atoms with Gasteiger partial charge in [-0.25, -0.2) is 9.07 Å². The highest BCUT2D eigenvalue weighted by Gasteiger charge is 2.19. The Kier molecular flexibility index (Phi) is 6.81. The zero-order valence-electron chi connectivity index (χ0n) is 15.8. The van der Waals surface area contributed by atoms with Crippen molar-refractivity contribution in [3.05, 3.63) is 71.7 Å². The van der Waals surface area contributed by atoms with Gasteiger partial charge in [0.15, 0.2) is 5.78 Å². The summed E-state index contributed by atoms with van der Waals surface area (Å²) in [4.78, 5) is 15.1. The van der Waals surface area contributed by atoms with Crippen molar-refractivity contribution in [3.8, 4) is 11.4 Å². The predicted molar refractivity (Wildman–Crippen MR) is 112 cm³/mol. The molecule has 4 rings (SSSR count). The molecule has 2 N–H and O–H groups in total. The Balaban J connectivity index is 0.00000256. The molecule has 2 heterocycles. The van der Waals surface area contributed by atoms with Crippen LogP contribution in [-0.2, 0) is 4.74 Å². The molecule has 1 aliphatic rings. The van der Waals surface area contributed by atoms with Crippen LogP contribution in [0.25, 0.3) is 5.69 Å². The van der Waals surface area contributed by atoms with Crippen molar-refractivity contribution in [1.29, 1.82) is 0 Å². The van der Waals surface area contributed by atoms with Crippen LogP contribution in [-0.4, -0.2) is 53.5 Å². The molecule has 0 saturated carbocycles. The molecule has 3 aromatic rings. The van der Waals surface area contributed by atoms with Crippen molar-refractivity contribution < 1.29 is 18.7 Å². The van der Waals surface area contributed by atoms with E-state index >= 15 is 0 Å². The van der Waals surface area contributed by atoms with Crippen molar-refractivity contribution in [2.75, 3.05) is 38.8 Å². The molecule has 2 aromatic carbocycles. The summed E-state index contributed by atoms with van der Waals surface area (Å²) in [5.41, 5.74) is 7.45. The summed E-state index contributed by atoms with van der Waals surface area (Å²) in [7, 11) is 0. The Morgan fingerprint density at radius 1 is 1.17 bits per heavy atom. The smallest absolute Gasteiger partial charge is 0.198 e. The maximum absolute atomic E-state index is 13.1. The van der Waals surface area contributed by atoms with Gasteiger partial charge in [0.05, 0.1) is 30.7 Å². The number of carbonyl (C=O) groups is 1. The number of morpholine rings is 1. The molecule has 1 saturated heterocycles. The number of rotatable bonds is 6. The van der Waals surface area contributed by atoms with Crippen molar-refractivity contribution in [2.24, 2.45) is 0 Å². The third-order valence-electron chi connectivity index (χ3n) is 4.74. The number of carbonyl (C=O) groups excluding carboxylic acids is 1. The minimum absolute atomic E-state index is 0. The van der Waals surface area contributed by atoms with E-state index in [1.54, 1.807) is 30.3 Å². The molecule has 30 heavy (non-hydrogen) atoms. The maximum Gasteiger partial charge on any atom is 0.198 e. The van der Waals surface area contributed by atoms with Crippen LogP contribution >= 0.6 is 0 Å². The van der Waals surface area contributed by atoms with Crippen LogP contribution in [0.15, 0.2) is 54.7 Å². The largest absolute Gasteiger partial charge is 0.478 e. The number of anilines is 1. The first kappa shape index (κ1) is 21.5. The molecule has 1 aromatic heterocycles. The van der Waals surface area contributed by atoms with Gasteiger partial charge >= 0.3 is 0 Å². The minimum Gasteiger partial charge on any atom is -0.478 e. The lowest BCUT2D eigenvalue weighted by atomic mass is 10.1. The van der Waals surface area contributed by atoms with Gasteiger partial charge in [0.25, 0.3) is 0 Å². The molecular weight excluding hydrogens is 387 g/mol. The normalized spacial score (nSPS) is 14.2. The molecule has 0 aliphatic carbocycles. The van der Waals surface area contributed by atoms with Crippen molar-refractivity contribution in [1.82, 2.24) is 14.7 Å². The lowest BCUT2D eigenvalue weighted by Crippen LogP contribution is -2.38. The Hall–Kier alpha value is -3.23. The molecule has 1 aliphatic heterocycles. The van der Waals surface area contributed by atoms with Crippen LogP contribution < -0.4 is 10.5 Å². The Morgan fingerprint density at radius 3 is 2.63 bits per heavy atom. The number of hydrogen-bond donors (Lipinski definition) is 1. The molecular formula is C22H25FN4O3. The molecule has 0 radical (unpaired) electrons. The molecule has 0 spiro atoms. The first-order chi connectivity index (χ1) is 14.1. The zero-order chi connectivity index (χ0) is 20.2. The van der Waals surface area contributed by atoms with Gasteiger partial charge in [-0.3, -0.25) is 9.69 Å². The van der Waals surface area contributed by atoms with Gasteiger partial charge in [-0.1, -0.05) is 19.6 Å². The van der Waals surface area contributed by atoms with Gasteiger partial charge in [0.2, 0.25) is 0 Å². The first-order valence-electron chi connectivity index (χ1n) is 9.29. The average Bonchev–Trinajstić information content (AvgIpc) is 3.14. The first-order valence-corrected chi connectivity index (χ1v) is 9.29. The highest BCUT2D eigenvalue weighted by molar-refractivity contribution is 6.11. The monoisotopic (exact) mass is 412 g/mol. The highest BCUT2D eigenvalue weighted by Crippen LogP contribution is 2.22. The summed E-state index contributed by atoms with van der Waals surface area (Å²) in [6.07, 6.45) is 1.42. The molecule has 0 unspecified atom stereocenters. The SMILES string of the molecule is C.Nc1c(C(=O)c2cccc(OCN3CCOCC3)c2)cnn1-c1ccc(F)cc1. The molecule has 1 fully saturated rings. The fourth-order valence-electron chi connectivity index (χ4n) is 3.10. The molecule has 158 valence electrons. The van der Waals surface area contributed by atoms with Gasteiger partial charge in [0.1, 0.15) is 24.1 Å². The van der Waals surface area contributed by atoms with Gasteiger partial charge in [-0.2, -0.15) is 5.10 Å². The standard InChI is InChI=1S/C21H21FN4O3.CH4/c22-16-4-6-17(7-5-16)26-21(23)19(13-24-26)20(27)15-2-1-3-18(12-15)29-14-25-8-10-28-11-9-25;/h1-7,12-13H,8-11,14,23H2;1H4. The number of hydrogen-bond acceptors (Lipinski definition) is 6. The zero-order valence-corrected chi connectivity index (χ0v) is 15.8. The minimum atomic E-state index is -0.357. The van der Waals surface area contributed by atoms with Crippen LogP contribution in [0.4, 0.5) is 10.2 Å². The van der Waals surface area contributed by atoms with E-state index < -0.39 is 0 Å². The van der Waals surface area contributed by atoms with Crippen molar-refractivity contribution >= 4 is 11.6 Å². The molecule has 0 amide bonds. The number of nitrogen functional groups attached to an aromatic ring is 1. The second-order valence-corrected chi connectivity index (χ2v) is 6.69. The van der Waals surface area contributed by atoms with E-state index in [4.69, 9.17) is 15.2 Å². The van der Waals surface area contributed by atoms with Gasteiger partial charge in [-0.05, 0) is 36.4 Å². The topological polar surface area (TPSA) is 82.6 Å². The second kappa shape index (κ2) is 9.51. The number of ether oxygens (including phenoxy) is 2. The Morgan fingerprint density at radius 2 is 1.90 bits per heavy atom. The summed E-state index contributed by atoms with van der Waals surface area (Å²) in [6.45, 7) is 3.46. The number of nitrogens with zero attached hydrogens (tertiary/aromatic N) is 3. The number of halogens is 1. The molecule has 0 bridgehead atoms. The van der Waals surface area contributed by atoms with Crippen LogP contribution in [0, 0.1) is 5.82 Å². The van der Waals surface area contributed by atoms with E-state index in [9.17, 15) is 9.18 Å². The van der Waals surface area contributed by atoms with E-state index in [-0.39, 0.29) is 30.4 Å². The third-order valence-corrected chi connectivity index (χ3v) is 4.74. The third kappa shape index (κ3) is 4.67. The van der Waals surface area contributed by atoms with Crippen LogP contribution in [0.3, 0.4) is 0 Å². The van der Waals surface area contributed by atoms with Crippen LogP contribution in [0.1, 0.15) is 23.3 Å². The maximum atomic E-state index is 13.1. The summed E-state index contributed by atoms with van der Waals surface area (Å²) in [5, 5.41) is 4.18. The fourth-order valence-corrected chi connectivity index (χ4v) is 3.10. The quantitative estimate of drug-likeness (QED) is 0.627. The lowest BCUT2D eigenvalue weighted by Gasteiger charge is -2.26. The van der Waals surface area contributed by atoms with Gasteiger partial charge in [-0.15, -0.1) is 0 Å². The molecule has 7 nitrogen and oxygen atoms in total. The summed E-state index contributed by atoms with van der Waals surface area (Å²) < 4.78 is 25.7. The van der Waals surface area contributed by atoms with Crippen LogP contribution in [0.2, 0.25) is 0 Å². The van der Waals surface area contributed by atoms with E-state index in [0.29, 0.717) is 36.9 Å². The highest BCUT2D eigenvalue weighted by atomic mass is 19.1. The van der Waals surface area contributed by atoms with Crippen molar-refractivity contribution in [3.63, 3.8) is 0 Å². The predicted octanol–water partition coefficient (Wildman–Crippen LogP) is 3.13. The molecule has 8 heteroatoms. The average molecular weight is 412 g/mol. The van der Waals surface area contributed by atoms with Gasteiger partial charge in [0, 0.05) is 18.7 Å². The number of ketones is 1. The van der Waals surface area contributed by atoms with E-state index in [1.807, 2.05) is 6.07 Å². The van der Waals surface area contributed by atoms with E-state index in [1.165, 1.54) is 23.0 Å². The Bertz CT molecular complexity index is 998. The number of benzene rings is 2. The van der Waals surface area contributed by atoms with E-state index in [2.05, 4.69) is 10.00 Å².